The van der Waals surface area contributed by atoms with Crippen molar-refractivity contribution in [1.82, 2.24) is 25.5 Å². The Morgan fingerprint density at radius 1 is 1.23 bits per heavy atom. The number of pyridine rings is 1. The number of methoxy groups -OCH3 is 1. The van der Waals surface area contributed by atoms with Crippen LogP contribution >= 0.6 is 11.3 Å². The Hall–Kier alpha value is -4.72. The van der Waals surface area contributed by atoms with Gasteiger partial charge in [0.05, 0.1) is 24.9 Å². The summed E-state index contributed by atoms with van der Waals surface area (Å²) in [6, 6.07) is 5.65. The third-order valence-corrected chi connectivity index (χ3v) is 9.63. The number of aliphatic carboxylic acids is 1. The summed E-state index contributed by atoms with van der Waals surface area (Å²) in [4.78, 5) is 62.8. The molecule has 0 radical (unpaired) electrons. The third kappa shape index (κ3) is 6.46. The van der Waals surface area contributed by atoms with Gasteiger partial charge in [-0.1, -0.05) is 6.08 Å². The van der Waals surface area contributed by atoms with Gasteiger partial charge in [0.2, 0.25) is 17.7 Å². The van der Waals surface area contributed by atoms with Gasteiger partial charge in [-0.3, -0.25) is 14.4 Å². The van der Waals surface area contributed by atoms with Gasteiger partial charge in [-0.05, 0) is 45.2 Å². The summed E-state index contributed by atoms with van der Waals surface area (Å²) in [7, 11) is 1.57. The maximum absolute atomic E-state index is 13.8. The number of benzene rings is 1. The molecule has 0 bridgehead atoms. The number of nitrogens with zero attached hydrogens (tertiary/aromatic N) is 3. The van der Waals surface area contributed by atoms with E-state index in [9.17, 15) is 24.3 Å². The Kier molecular flexibility index (Phi) is 8.79. The van der Waals surface area contributed by atoms with Gasteiger partial charge in [-0.25, -0.2) is 14.8 Å². The topological polar surface area (TPSA) is 172 Å². The van der Waals surface area contributed by atoms with E-state index in [0.717, 1.165) is 5.13 Å². The monoisotopic (exact) mass is 662 g/mol. The number of aromatic nitrogens is 2. The molecular weight excluding hydrogens is 624 g/mol. The first-order valence-corrected chi connectivity index (χ1v) is 16.5. The van der Waals surface area contributed by atoms with Crippen molar-refractivity contribution in [3.63, 3.8) is 0 Å². The maximum Gasteiger partial charge on any atom is 0.330 e. The fourth-order valence-corrected chi connectivity index (χ4v) is 7.15. The first-order chi connectivity index (χ1) is 22.5. The molecular formula is C33H38N6O7S. The third-order valence-electron chi connectivity index (χ3n) is 8.86. The summed E-state index contributed by atoms with van der Waals surface area (Å²) in [6.45, 7) is 7.81. The van der Waals surface area contributed by atoms with E-state index >= 15 is 0 Å². The van der Waals surface area contributed by atoms with Crippen molar-refractivity contribution in [2.75, 3.05) is 19.0 Å². The highest BCUT2D eigenvalue weighted by molar-refractivity contribution is 7.14. The Morgan fingerprint density at radius 2 is 2.04 bits per heavy atom. The average molecular weight is 663 g/mol. The van der Waals surface area contributed by atoms with E-state index in [1.54, 1.807) is 25.3 Å². The van der Waals surface area contributed by atoms with Crippen molar-refractivity contribution in [2.24, 2.45) is 5.92 Å². The van der Waals surface area contributed by atoms with Crippen LogP contribution in [0.2, 0.25) is 0 Å². The second-order valence-corrected chi connectivity index (χ2v) is 13.4. The lowest BCUT2D eigenvalue weighted by Crippen LogP contribution is -2.57. The van der Waals surface area contributed by atoms with Crippen molar-refractivity contribution >= 4 is 51.1 Å². The molecule has 3 amide bonds. The largest absolute Gasteiger partial charge is 0.497 e. The number of likely N-dealkylation sites (tertiary alicyclic amines) is 1. The zero-order valence-electron chi connectivity index (χ0n) is 26.4. The molecule has 1 aliphatic carbocycles. The van der Waals surface area contributed by atoms with Crippen molar-refractivity contribution < 1.29 is 33.8 Å². The molecule has 2 saturated heterocycles. The van der Waals surface area contributed by atoms with Gasteiger partial charge in [-0.2, -0.15) is 0 Å². The molecule has 6 rings (SSSR count). The number of carboxylic acid groups (broad SMARTS) is 1. The van der Waals surface area contributed by atoms with Crippen LogP contribution in [0.3, 0.4) is 0 Å². The molecule has 3 aromatic rings. The van der Waals surface area contributed by atoms with Gasteiger partial charge >= 0.3 is 5.97 Å². The van der Waals surface area contributed by atoms with E-state index < -0.39 is 47.4 Å². The quantitative estimate of drug-likeness (QED) is 0.223. The van der Waals surface area contributed by atoms with E-state index in [1.807, 2.05) is 25.3 Å². The van der Waals surface area contributed by atoms with Crippen LogP contribution in [0.4, 0.5) is 5.13 Å². The smallest absolute Gasteiger partial charge is 0.330 e. The van der Waals surface area contributed by atoms with E-state index in [2.05, 4.69) is 22.5 Å². The number of carbonyl (C=O) groups is 4. The van der Waals surface area contributed by atoms with Gasteiger partial charge in [0.1, 0.15) is 40.9 Å². The number of carboxylic acids is 1. The van der Waals surface area contributed by atoms with E-state index in [0.29, 0.717) is 53.1 Å². The van der Waals surface area contributed by atoms with Crippen molar-refractivity contribution in [3.8, 4) is 22.9 Å². The molecule has 47 heavy (non-hydrogen) atoms. The fourth-order valence-electron chi connectivity index (χ4n) is 6.30. The number of thiazole rings is 1. The summed E-state index contributed by atoms with van der Waals surface area (Å²) >= 11 is 1.46. The zero-order chi connectivity index (χ0) is 33.5. The Morgan fingerprint density at radius 3 is 2.72 bits per heavy atom. The lowest BCUT2D eigenvalue weighted by Gasteiger charge is -2.30. The highest BCUT2D eigenvalue weighted by Gasteiger charge is 2.61. The predicted octanol–water partition coefficient (Wildman–Crippen LogP) is 3.35. The molecule has 2 aliphatic heterocycles. The minimum atomic E-state index is -1.46. The number of amides is 3. The Balaban J connectivity index is 1.32. The molecule has 4 heterocycles. The second-order valence-electron chi connectivity index (χ2n) is 12.5. The minimum absolute atomic E-state index is 0.0582. The normalized spacial score (nSPS) is 25.3. The molecule has 5 atom stereocenters. The highest BCUT2D eigenvalue weighted by atomic mass is 32.1. The molecule has 248 valence electrons. The van der Waals surface area contributed by atoms with E-state index in [4.69, 9.17) is 19.4 Å². The van der Waals surface area contributed by atoms with Crippen LogP contribution in [0.25, 0.3) is 22.3 Å². The van der Waals surface area contributed by atoms with Crippen molar-refractivity contribution in [3.05, 3.63) is 42.3 Å². The number of fused-ring (bicyclic) bond motifs is 1. The predicted molar refractivity (Wildman–Crippen MR) is 175 cm³/mol. The molecule has 1 aromatic carbocycles. The summed E-state index contributed by atoms with van der Waals surface area (Å²) in [5, 5.41) is 22.0. The lowest BCUT2D eigenvalue weighted by atomic mass is 10.0. The molecule has 4 N–H and O–H groups in total. The molecule has 2 aromatic heterocycles. The van der Waals surface area contributed by atoms with Crippen LogP contribution in [-0.2, 0) is 19.2 Å². The van der Waals surface area contributed by atoms with Gasteiger partial charge in [0, 0.05) is 47.7 Å². The first kappa shape index (κ1) is 32.2. The van der Waals surface area contributed by atoms with Crippen LogP contribution in [0.5, 0.6) is 11.5 Å². The number of hydrogen-bond donors (Lipinski definition) is 4. The molecule has 13 nitrogen and oxygen atoms in total. The second kappa shape index (κ2) is 12.8. The summed E-state index contributed by atoms with van der Waals surface area (Å²) in [5.41, 5.74) is 0.381. The summed E-state index contributed by atoms with van der Waals surface area (Å²) in [6.07, 6.45) is 2.55. The summed E-state index contributed by atoms with van der Waals surface area (Å²) < 4.78 is 12.0. The lowest BCUT2D eigenvalue weighted by molar-refractivity contribution is -0.146. The molecule has 0 unspecified atom stereocenters. The first-order valence-electron chi connectivity index (χ1n) is 15.7. The van der Waals surface area contributed by atoms with Crippen LogP contribution in [0.15, 0.2) is 42.3 Å². The van der Waals surface area contributed by atoms with Gasteiger partial charge in [-0.15, -0.1) is 17.9 Å². The van der Waals surface area contributed by atoms with E-state index in [1.165, 1.54) is 22.3 Å². The van der Waals surface area contributed by atoms with Crippen LogP contribution < -0.4 is 25.4 Å². The van der Waals surface area contributed by atoms with Gasteiger partial charge in [0.25, 0.3) is 0 Å². The Labute approximate surface area is 275 Å². The van der Waals surface area contributed by atoms with Crippen LogP contribution in [-0.4, -0.2) is 87.1 Å². The van der Waals surface area contributed by atoms with Crippen LogP contribution in [0.1, 0.15) is 46.0 Å². The number of anilines is 1. The number of piperidine rings is 1. The van der Waals surface area contributed by atoms with Gasteiger partial charge in [0.15, 0.2) is 5.13 Å². The van der Waals surface area contributed by atoms with E-state index in [-0.39, 0.29) is 31.3 Å². The fraction of sp³-hybridized carbons (Fsp3) is 0.455. The summed E-state index contributed by atoms with van der Waals surface area (Å²) in [5.74, 6) is -1.68. The standard InChI is InChI=1S/C33H38N6O7S/c1-5-18-14-33(18,31(43)44)38-29(41)26-12-20(15-39(26)30(42)22-7-6-8-28(40)36-22)46-27-13-24(25-16-47-32(37-25)34-17(2)3)35-23-11-19(45-4)9-10-21(23)27/h5,9-11,13,16-18,20,22,26H,1,6-8,12,14-15H2,2-4H3,(H,34,37)(H,36,40)(H,38,41)(H,43,44)/t18-,20-,22+,26+,33-/m1/s1. The molecule has 14 heteroatoms. The SMILES string of the molecule is C=C[C@@H]1C[C@]1(NC(=O)[C@@H]1C[C@@H](Oc2cc(-c3csc(NC(C)C)n3)nc3cc(OC)ccc23)CN1C(=O)[C@@H]1CCCC(=O)N1)C(=O)O. The zero-order valence-corrected chi connectivity index (χ0v) is 27.3. The number of ether oxygens (including phenoxy) is 2. The number of rotatable bonds is 11. The average Bonchev–Trinajstić information content (AvgIpc) is 3.33. The Bertz CT molecular complexity index is 1740. The van der Waals surface area contributed by atoms with Crippen molar-refractivity contribution in [1.29, 1.82) is 0 Å². The number of carbonyl (C=O) groups excluding carboxylic acids is 3. The molecule has 3 aliphatic rings. The highest BCUT2D eigenvalue weighted by Crippen LogP contribution is 2.45. The molecule has 1 saturated carbocycles. The molecule has 0 spiro atoms. The van der Waals surface area contributed by atoms with Gasteiger partial charge < -0.3 is 35.4 Å². The minimum Gasteiger partial charge on any atom is -0.497 e. The van der Waals surface area contributed by atoms with Crippen molar-refractivity contribution in [2.45, 2.75) is 75.7 Å². The van der Waals surface area contributed by atoms with Crippen LogP contribution in [0, 0.1) is 5.92 Å². The number of hydrogen-bond acceptors (Lipinski definition) is 10. The number of nitrogens with one attached hydrogen (secondary N) is 3. The maximum atomic E-state index is 13.8. The molecule has 3 fully saturated rings.